The van der Waals surface area contributed by atoms with E-state index in [9.17, 15) is 5.11 Å². The maximum atomic E-state index is 12.5. The smallest absolute Gasteiger partial charge is 0.194 e. The molecule has 5 nitrogen and oxygen atoms in total. The molecule has 1 N–H and O–H groups in total. The zero-order valence-corrected chi connectivity index (χ0v) is 20.7. The number of likely N-dealkylation sites (tertiary alicyclic amines) is 1. The minimum Gasteiger partial charge on any atom is -0.497 e. The van der Waals surface area contributed by atoms with Crippen LogP contribution in [0.2, 0.25) is 0 Å². The summed E-state index contributed by atoms with van der Waals surface area (Å²) in [5, 5.41) is 12.5. The monoisotopic (exact) mass is 471 g/mol. The van der Waals surface area contributed by atoms with Crippen molar-refractivity contribution in [2.75, 3.05) is 20.7 Å². The Labute approximate surface area is 203 Å². The fourth-order valence-corrected chi connectivity index (χ4v) is 8.11. The van der Waals surface area contributed by atoms with Gasteiger partial charge in [0.1, 0.15) is 5.75 Å². The number of methoxy groups -OCH3 is 1. The second-order valence-electron chi connectivity index (χ2n) is 10.5. The van der Waals surface area contributed by atoms with Crippen molar-refractivity contribution in [3.63, 3.8) is 0 Å². The maximum absolute atomic E-state index is 12.5. The van der Waals surface area contributed by atoms with Crippen molar-refractivity contribution in [2.24, 2.45) is 0 Å². The van der Waals surface area contributed by atoms with E-state index in [0.717, 1.165) is 47.8 Å². The van der Waals surface area contributed by atoms with Gasteiger partial charge < -0.3 is 14.7 Å². The first-order valence-corrected chi connectivity index (χ1v) is 12.9. The van der Waals surface area contributed by atoms with Crippen LogP contribution in [0.4, 0.5) is 0 Å². The van der Waals surface area contributed by atoms with E-state index in [2.05, 4.69) is 71.9 Å². The van der Waals surface area contributed by atoms with Crippen LogP contribution in [0, 0.1) is 6.92 Å². The largest absolute Gasteiger partial charge is 0.497 e. The highest BCUT2D eigenvalue weighted by atomic mass is 32.1. The lowest BCUT2D eigenvalue weighted by molar-refractivity contribution is -0.144. The molecule has 2 bridgehead atoms. The van der Waals surface area contributed by atoms with Crippen LogP contribution in [0.5, 0.6) is 5.75 Å². The van der Waals surface area contributed by atoms with Gasteiger partial charge in [0, 0.05) is 46.6 Å². The average Bonchev–Trinajstić information content (AvgIpc) is 3.38. The molecule has 0 amide bonds. The van der Waals surface area contributed by atoms with E-state index in [-0.39, 0.29) is 11.5 Å². The topological polar surface area (TPSA) is 50.0 Å². The van der Waals surface area contributed by atoms with E-state index in [1.807, 2.05) is 0 Å². The minimum atomic E-state index is -0.797. The predicted molar refractivity (Wildman–Crippen MR) is 135 cm³/mol. The molecule has 6 heteroatoms. The minimum absolute atomic E-state index is 0.118. The summed E-state index contributed by atoms with van der Waals surface area (Å²) in [6.45, 7) is 3.10. The zero-order valence-electron chi connectivity index (χ0n) is 19.8. The summed E-state index contributed by atoms with van der Waals surface area (Å²) in [4.78, 5) is 9.68. The molecule has 4 aromatic rings. The highest BCUT2D eigenvalue weighted by Crippen LogP contribution is 2.58. The van der Waals surface area contributed by atoms with Gasteiger partial charge in [-0.1, -0.05) is 35.9 Å². The predicted octanol–water partition coefficient (Wildman–Crippen LogP) is 4.41. The third-order valence-electron chi connectivity index (χ3n) is 8.80. The number of hydrogen-bond acceptors (Lipinski definition) is 5. The molecule has 0 radical (unpaired) electrons. The summed E-state index contributed by atoms with van der Waals surface area (Å²) >= 11 is 1.75. The molecule has 2 aromatic heterocycles. The highest BCUT2D eigenvalue weighted by molar-refractivity contribution is 7.17. The van der Waals surface area contributed by atoms with E-state index in [4.69, 9.17) is 9.72 Å². The van der Waals surface area contributed by atoms with Crippen molar-refractivity contribution in [3.05, 3.63) is 75.9 Å². The van der Waals surface area contributed by atoms with E-state index in [1.165, 1.54) is 27.3 Å². The fraction of sp³-hybridized carbons (Fsp3) is 0.393. The molecule has 3 heterocycles. The molecule has 1 saturated heterocycles. The lowest BCUT2D eigenvalue weighted by Crippen LogP contribution is -2.73. The second-order valence-corrected chi connectivity index (χ2v) is 11.5. The number of rotatable bonds is 2. The average molecular weight is 472 g/mol. The van der Waals surface area contributed by atoms with Gasteiger partial charge in [-0.3, -0.25) is 4.40 Å². The molecular weight excluding hydrogens is 442 g/mol. The Hall–Kier alpha value is -2.67. The van der Waals surface area contributed by atoms with Gasteiger partial charge in [0.05, 0.1) is 18.4 Å². The third-order valence-corrected chi connectivity index (χ3v) is 9.89. The van der Waals surface area contributed by atoms with Crippen LogP contribution in [0.3, 0.4) is 0 Å². The lowest BCUT2D eigenvalue weighted by Gasteiger charge is -2.62. The molecule has 1 fully saturated rings. The van der Waals surface area contributed by atoms with Gasteiger partial charge in [-0.25, -0.2) is 4.98 Å². The molecule has 0 spiro atoms. The number of aliphatic hydroxyl groups is 1. The van der Waals surface area contributed by atoms with Gasteiger partial charge in [-0.2, -0.15) is 0 Å². The summed E-state index contributed by atoms with van der Waals surface area (Å²) in [5.74, 6) is 0.874. The van der Waals surface area contributed by atoms with Crippen LogP contribution >= 0.6 is 11.3 Å². The third kappa shape index (κ3) is 2.59. The maximum Gasteiger partial charge on any atom is 0.194 e. The van der Waals surface area contributed by atoms with Gasteiger partial charge in [0.2, 0.25) is 0 Å². The first-order valence-electron chi connectivity index (χ1n) is 12.1. The van der Waals surface area contributed by atoms with Crippen LogP contribution in [0.15, 0.2) is 48.7 Å². The molecule has 1 aliphatic heterocycles. The number of thiazole rings is 1. The summed E-state index contributed by atoms with van der Waals surface area (Å²) in [6.07, 6.45) is 5.52. The summed E-state index contributed by atoms with van der Waals surface area (Å²) in [5.41, 5.74) is 6.24. The van der Waals surface area contributed by atoms with Crippen molar-refractivity contribution in [2.45, 2.75) is 49.7 Å². The van der Waals surface area contributed by atoms with E-state index >= 15 is 0 Å². The Morgan fingerprint density at radius 2 is 1.97 bits per heavy atom. The van der Waals surface area contributed by atoms with Crippen LogP contribution in [0.25, 0.3) is 16.2 Å². The van der Waals surface area contributed by atoms with Gasteiger partial charge in [-0.05, 0) is 56.6 Å². The molecule has 3 aliphatic rings. The fourth-order valence-electron chi connectivity index (χ4n) is 6.90. The Morgan fingerprint density at radius 3 is 2.76 bits per heavy atom. The number of aromatic nitrogens is 2. The van der Waals surface area contributed by atoms with Crippen LogP contribution in [-0.4, -0.2) is 51.7 Å². The molecule has 0 saturated carbocycles. The Morgan fingerprint density at radius 1 is 1.15 bits per heavy atom. The molecular formula is C28H29N3O2S. The first-order chi connectivity index (χ1) is 16.4. The van der Waals surface area contributed by atoms with Crippen LogP contribution < -0.4 is 4.74 Å². The SMILES string of the molecule is COc1ccc2c(c1)[C@@]13CCN(C)[C@@H](C2)[C@]1(O)Cc1sc2nc(-c4ccc(C)cc4)cn2c1C3. The molecule has 2 aromatic carbocycles. The van der Waals surface area contributed by atoms with E-state index < -0.39 is 5.60 Å². The summed E-state index contributed by atoms with van der Waals surface area (Å²) in [6, 6.07) is 15.2. The summed E-state index contributed by atoms with van der Waals surface area (Å²) in [7, 11) is 3.90. The van der Waals surface area contributed by atoms with Gasteiger partial charge in [-0.15, -0.1) is 11.3 Å². The lowest BCUT2D eigenvalue weighted by atomic mass is 9.50. The Kier molecular flexibility index (Phi) is 4.22. The molecule has 34 heavy (non-hydrogen) atoms. The van der Waals surface area contributed by atoms with Crippen molar-refractivity contribution >= 4 is 16.3 Å². The van der Waals surface area contributed by atoms with Crippen molar-refractivity contribution < 1.29 is 9.84 Å². The molecule has 174 valence electrons. The van der Waals surface area contributed by atoms with Gasteiger partial charge >= 0.3 is 0 Å². The number of benzene rings is 2. The number of nitrogens with zero attached hydrogens (tertiary/aromatic N) is 3. The van der Waals surface area contributed by atoms with Gasteiger partial charge in [0.25, 0.3) is 0 Å². The van der Waals surface area contributed by atoms with Crippen molar-refractivity contribution in [1.29, 1.82) is 0 Å². The van der Waals surface area contributed by atoms with E-state index in [0.29, 0.717) is 6.42 Å². The Balaban J connectivity index is 1.41. The molecule has 2 aliphatic carbocycles. The first kappa shape index (κ1) is 20.7. The van der Waals surface area contributed by atoms with E-state index in [1.54, 1.807) is 18.4 Å². The van der Waals surface area contributed by atoms with Crippen LogP contribution in [0.1, 0.15) is 33.7 Å². The standard InChI is InChI=1S/C28H29N3O2S/c1-17-4-6-18(7-5-17)22-16-31-23-14-27-10-11-30(2)25(12-19-8-9-20(33-3)13-21(19)27)28(27,32)15-24(23)34-26(31)29-22/h4-9,13,16,25,32H,10-12,14-15H2,1-3H3/t25-,27-,28+/m0/s1. The summed E-state index contributed by atoms with van der Waals surface area (Å²) < 4.78 is 7.93. The number of imidazole rings is 1. The number of hydrogen-bond donors (Lipinski definition) is 1. The molecule has 7 rings (SSSR count). The number of ether oxygens (including phenoxy) is 1. The number of piperidine rings is 1. The zero-order chi connectivity index (χ0) is 23.2. The number of aryl methyl sites for hydroxylation is 1. The normalized spacial score (nSPS) is 27.8. The quantitative estimate of drug-likeness (QED) is 0.471. The van der Waals surface area contributed by atoms with Crippen molar-refractivity contribution in [3.8, 4) is 17.0 Å². The van der Waals surface area contributed by atoms with Crippen LogP contribution in [-0.2, 0) is 24.7 Å². The highest BCUT2D eigenvalue weighted by Gasteiger charge is 2.64. The molecule has 3 atom stereocenters. The number of fused-ring (bicyclic) bond motifs is 4. The molecule has 0 unspecified atom stereocenters. The number of likely N-dealkylation sites (N-methyl/N-ethyl adjacent to an activating group) is 1. The second kappa shape index (κ2) is 6.94. The Bertz CT molecular complexity index is 1440. The van der Waals surface area contributed by atoms with Crippen molar-refractivity contribution in [1.82, 2.24) is 14.3 Å². The van der Waals surface area contributed by atoms with Gasteiger partial charge in [0.15, 0.2) is 4.96 Å².